The van der Waals surface area contributed by atoms with E-state index < -0.39 is 42.7 Å². The predicted octanol–water partition coefficient (Wildman–Crippen LogP) is 0.647. The van der Waals surface area contributed by atoms with Crippen molar-refractivity contribution in [1.82, 2.24) is 0 Å². The SMILES string of the molecule is COc1ccc(OC2OC(CO)C(O)C(O)C2O)c2c(=O)cc(-c3ccccc3)oc12. The first kappa shape index (κ1) is 21.3. The van der Waals surface area contributed by atoms with Gasteiger partial charge in [-0.3, -0.25) is 4.79 Å². The Labute approximate surface area is 176 Å². The molecule has 2 heterocycles. The highest BCUT2D eigenvalue weighted by molar-refractivity contribution is 5.89. The maximum atomic E-state index is 13.0. The van der Waals surface area contributed by atoms with Crippen molar-refractivity contribution < 1.29 is 39.1 Å². The van der Waals surface area contributed by atoms with E-state index in [9.17, 15) is 25.2 Å². The van der Waals surface area contributed by atoms with Crippen LogP contribution < -0.4 is 14.9 Å². The van der Waals surface area contributed by atoms with E-state index in [1.54, 1.807) is 12.1 Å². The van der Waals surface area contributed by atoms with Crippen molar-refractivity contribution in [2.24, 2.45) is 0 Å². The molecule has 0 radical (unpaired) electrons. The Morgan fingerprint density at radius 2 is 1.68 bits per heavy atom. The van der Waals surface area contributed by atoms with Gasteiger partial charge >= 0.3 is 0 Å². The van der Waals surface area contributed by atoms with Crippen LogP contribution in [0.15, 0.2) is 57.7 Å². The number of ether oxygens (including phenoxy) is 3. The van der Waals surface area contributed by atoms with Crippen LogP contribution in [-0.2, 0) is 4.74 Å². The van der Waals surface area contributed by atoms with Crippen molar-refractivity contribution in [2.45, 2.75) is 30.7 Å². The average molecular weight is 430 g/mol. The monoisotopic (exact) mass is 430 g/mol. The smallest absolute Gasteiger partial charge is 0.229 e. The van der Waals surface area contributed by atoms with Gasteiger partial charge in [-0.05, 0) is 12.1 Å². The summed E-state index contributed by atoms with van der Waals surface area (Å²) in [5, 5.41) is 39.6. The van der Waals surface area contributed by atoms with E-state index in [4.69, 9.17) is 18.6 Å². The van der Waals surface area contributed by atoms with E-state index in [1.807, 2.05) is 18.2 Å². The molecular weight excluding hydrogens is 408 g/mol. The molecule has 1 aliphatic rings. The number of fused-ring (bicyclic) bond motifs is 1. The molecule has 4 N–H and O–H groups in total. The fourth-order valence-electron chi connectivity index (χ4n) is 3.50. The van der Waals surface area contributed by atoms with Crippen LogP contribution in [0.5, 0.6) is 11.5 Å². The van der Waals surface area contributed by atoms with E-state index in [2.05, 4.69) is 0 Å². The van der Waals surface area contributed by atoms with Crippen LogP contribution in [0.25, 0.3) is 22.3 Å². The lowest BCUT2D eigenvalue weighted by molar-refractivity contribution is -0.277. The van der Waals surface area contributed by atoms with Crippen LogP contribution in [0, 0.1) is 0 Å². The summed E-state index contributed by atoms with van der Waals surface area (Å²) in [6.07, 6.45) is -7.34. The van der Waals surface area contributed by atoms with Crippen molar-refractivity contribution >= 4 is 11.0 Å². The first-order valence-electron chi connectivity index (χ1n) is 9.62. The Balaban J connectivity index is 1.78. The van der Waals surface area contributed by atoms with Crippen molar-refractivity contribution in [2.75, 3.05) is 13.7 Å². The maximum Gasteiger partial charge on any atom is 0.229 e. The van der Waals surface area contributed by atoms with Crippen molar-refractivity contribution in [3.8, 4) is 22.8 Å². The molecule has 164 valence electrons. The molecule has 1 aromatic heterocycles. The summed E-state index contributed by atoms with van der Waals surface area (Å²) in [6.45, 7) is -0.600. The predicted molar refractivity (Wildman–Crippen MR) is 109 cm³/mol. The van der Waals surface area contributed by atoms with Gasteiger partial charge in [-0.15, -0.1) is 0 Å². The van der Waals surface area contributed by atoms with Gasteiger partial charge in [0, 0.05) is 11.6 Å². The van der Waals surface area contributed by atoms with E-state index in [-0.39, 0.29) is 16.7 Å². The summed E-state index contributed by atoms with van der Waals surface area (Å²) in [4.78, 5) is 13.0. The number of hydrogen-bond donors (Lipinski definition) is 4. The Morgan fingerprint density at radius 1 is 0.968 bits per heavy atom. The van der Waals surface area contributed by atoms with Gasteiger partial charge in [0.15, 0.2) is 16.8 Å². The van der Waals surface area contributed by atoms with E-state index >= 15 is 0 Å². The molecule has 31 heavy (non-hydrogen) atoms. The van der Waals surface area contributed by atoms with Crippen molar-refractivity contribution in [3.05, 3.63) is 58.8 Å². The minimum Gasteiger partial charge on any atom is -0.493 e. The third-order valence-corrected chi connectivity index (χ3v) is 5.17. The summed E-state index contributed by atoms with van der Waals surface area (Å²) in [5.74, 6) is 0.654. The van der Waals surface area contributed by atoms with E-state index in [1.165, 1.54) is 25.3 Å². The molecule has 9 heteroatoms. The number of aliphatic hydroxyl groups is 4. The maximum absolute atomic E-state index is 13.0. The molecule has 3 aromatic rings. The van der Waals surface area contributed by atoms with Crippen molar-refractivity contribution in [3.63, 3.8) is 0 Å². The van der Waals surface area contributed by atoms with Gasteiger partial charge in [0.05, 0.1) is 13.7 Å². The quantitative estimate of drug-likeness (QED) is 0.459. The Morgan fingerprint density at radius 3 is 2.35 bits per heavy atom. The second-order valence-electron chi connectivity index (χ2n) is 7.13. The molecule has 5 atom stereocenters. The summed E-state index contributed by atoms with van der Waals surface area (Å²) in [7, 11) is 1.43. The number of methoxy groups -OCH3 is 1. The number of hydrogen-bond acceptors (Lipinski definition) is 9. The van der Waals surface area contributed by atoms with E-state index in [0.29, 0.717) is 17.1 Å². The van der Waals surface area contributed by atoms with Crippen LogP contribution in [0.3, 0.4) is 0 Å². The fraction of sp³-hybridized carbons (Fsp3) is 0.318. The zero-order valence-corrected chi connectivity index (χ0v) is 16.5. The standard InChI is InChI=1S/C22H22O9/c1-28-14-8-7-13(30-22-20(27)19(26)18(25)16(10-23)31-22)17-12(24)9-15(29-21(14)17)11-5-3-2-4-6-11/h2-9,16,18-20,22-23,25-27H,10H2,1H3. The molecule has 1 aliphatic heterocycles. The third kappa shape index (κ3) is 3.89. The van der Waals surface area contributed by atoms with Gasteiger partial charge in [-0.1, -0.05) is 30.3 Å². The number of aliphatic hydroxyl groups excluding tert-OH is 4. The Bertz CT molecular complexity index is 1110. The molecule has 0 spiro atoms. The van der Waals surface area contributed by atoms with Gasteiger partial charge in [0.1, 0.15) is 41.3 Å². The highest BCUT2D eigenvalue weighted by Gasteiger charge is 2.45. The highest BCUT2D eigenvalue weighted by atomic mass is 16.7. The molecule has 4 rings (SSSR count). The van der Waals surface area contributed by atoms with Gasteiger partial charge in [0.2, 0.25) is 6.29 Å². The molecule has 0 amide bonds. The summed E-state index contributed by atoms with van der Waals surface area (Å²) >= 11 is 0. The molecule has 0 bridgehead atoms. The molecule has 5 unspecified atom stereocenters. The minimum atomic E-state index is -1.62. The number of rotatable bonds is 5. The van der Waals surface area contributed by atoms with Crippen LogP contribution in [0.4, 0.5) is 0 Å². The fourth-order valence-corrected chi connectivity index (χ4v) is 3.50. The first-order valence-corrected chi connectivity index (χ1v) is 9.62. The largest absolute Gasteiger partial charge is 0.493 e. The average Bonchev–Trinajstić information content (AvgIpc) is 2.79. The molecule has 1 saturated heterocycles. The Hall–Kier alpha value is -2.95. The van der Waals surface area contributed by atoms with Crippen LogP contribution >= 0.6 is 0 Å². The normalized spacial score (nSPS) is 26.0. The third-order valence-electron chi connectivity index (χ3n) is 5.17. The molecule has 0 aliphatic carbocycles. The molecule has 2 aromatic carbocycles. The van der Waals surface area contributed by atoms with Gasteiger partial charge in [0.25, 0.3) is 0 Å². The molecular formula is C22H22O9. The van der Waals surface area contributed by atoms with Crippen molar-refractivity contribution in [1.29, 1.82) is 0 Å². The summed E-state index contributed by atoms with van der Waals surface area (Å²) in [6, 6.07) is 13.4. The van der Waals surface area contributed by atoms with Gasteiger partial charge < -0.3 is 39.1 Å². The van der Waals surface area contributed by atoms with E-state index in [0.717, 1.165) is 0 Å². The second kappa shape index (κ2) is 8.66. The summed E-state index contributed by atoms with van der Waals surface area (Å²) in [5.41, 5.74) is 0.415. The lowest BCUT2D eigenvalue weighted by atomic mass is 9.99. The number of benzene rings is 2. The highest BCUT2D eigenvalue weighted by Crippen LogP contribution is 2.35. The van der Waals surface area contributed by atoms with Crippen LogP contribution in [-0.4, -0.2) is 64.8 Å². The molecule has 1 fully saturated rings. The zero-order chi connectivity index (χ0) is 22.1. The minimum absolute atomic E-state index is 0.0218. The lowest BCUT2D eigenvalue weighted by Crippen LogP contribution is -2.60. The van der Waals surface area contributed by atoms with Gasteiger partial charge in [-0.25, -0.2) is 0 Å². The van der Waals surface area contributed by atoms with Crippen LogP contribution in [0.2, 0.25) is 0 Å². The molecule has 9 nitrogen and oxygen atoms in total. The zero-order valence-electron chi connectivity index (χ0n) is 16.5. The molecule has 0 saturated carbocycles. The topological polar surface area (TPSA) is 139 Å². The summed E-state index contributed by atoms with van der Waals surface area (Å²) < 4.78 is 22.3. The van der Waals surface area contributed by atoms with Gasteiger partial charge in [-0.2, -0.15) is 0 Å². The Kier molecular flexibility index (Phi) is 5.94. The first-order chi connectivity index (χ1) is 14.9. The lowest BCUT2D eigenvalue weighted by Gasteiger charge is -2.39. The van der Waals surface area contributed by atoms with Crippen LogP contribution in [0.1, 0.15) is 0 Å². The second-order valence-corrected chi connectivity index (χ2v) is 7.13.